The van der Waals surface area contributed by atoms with Gasteiger partial charge in [0, 0.05) is 6.54 Å². The summed E-state index contributed by atoms with van der Waals surface area (Å²) < 4.78 is 26.5. The molecule has 2 rings (SSSR count). The summed E-state index contributed by atoms with van der Waals surface area (Å²) >= 11 is 0. The lowest BCUT2D eigenvalue weighted by Gasteiger charge is -2.20. The molecule has 92 valence electrons. The third kappa shape index (κ3) is 2.11. The molecule has 1 aliphatic heterocycles. The van der Waals surface area contributed by atoms with Crippen molar-refractivity contribution in [1.29, 1.82) is 0 Å². The summed E-state index contributed by atoms with van der Waals surface area (Å²) in [5.41, 5.74) is 1.33. The van der Waals surface area contributed by atoms with Gasteiger partial charge >= 0.3 is 16.2 Å². The summed E-state index contributed by atoms with van der Waals surface area (Å²) in [5, 5.41) is 8.99. The van der Waals surface area contributed by atoms with E-state index in [1.54, 1.807) is 24.3 Å². The molecule has 1 aromatic carbocycles. The van der Waals surface area contributed by atoms with Crippen molar-refractivity contribution in [2.24, 2.45) is 0 Å². The standard InChI is InChI=1S/C10H12N2O4S/c1-7-2-4-8(5-3-7)12-9(10(13)14)6-11-17(12,15)16/h2-5,9,11H,6H2,1H3,(H,13,14). The molecule has 1 aromatic rings. The molecule has 0 bridgehead atoms. The number of hydrogen-bond acceptors (Lipinski definition) is 3. The smallest absolute Gasteiger partial charge is 0.328 e. The van der Waals surface area contributed by atoms with Gasteiger partial charge in [-0.05, 0) is 19.1 Å². The molecule has 0 amide bonds. The van der Waals surface area contributed by atoms with Gasteiger partial charge in [-0.1, -0.05) is 17.7 Å². The second-order valence-electron chi connectivity index (χ2n) is 3.84. The Kier molecular flexibility index (Phi) is 2.80. The average molecular weight is 256 g/mol. The molecule has 0 spiro atoms. The lowest BCUT2D eigenvalue weighted by molar-refractivity contribution is -0.137. The molecule has 1 heterocycles. The van der Waals surface area contributed by atoms with Gasteiger partial charge in [0.25, 0.3) is 0 Å². The fourth-order valence-electron chi connectivity index (χ4n) is 1.70. The number of anilines is 1. The van der Waals surface area contributed by atoms with Crippen LogP contribution in [0.3, 0.4) is 0 Å². The highest BCUT2D eigenvalue weighted by Gasteiger charge is 2.41. The molecular weight excluding hydrogens is 244 g/mol. The van der Waals surface area contributed by atoms with Crippen LogP contribution in [0.15, 0.2) is 24.3 Å². The fraction of sp³-hybridized carbons (Fsp3) is 0.300. The highest BCUT2D eigenvalue weighted by atomic mass is 32.2. The van der Waals surface area contributed by atoms with Crippen molar-refractivity contribution < 1.29 is 18.3 Å². The summed E-state index contributed by atoms with van der Waals surface area (Å²) in [6.07, 6.45) is 0. The fourth-order valence-corrected chi connectivity index (χ4v) is 3.11. The Morgan fingerprint density at radius 3 is 2.53 bits per heavy atom. The number of aliphatic carboxylic acids is 1. The minimum absolute atomic E-state index is 0.120. The number of carbonyl (C=O) groups is 1. The first-order chi connectivity index (χ1) is 7.92. The maximum Gasteiger partial charge on any atom is 0.328 e. The van der Waals surface area contributed by atoms with Crippen LogP contribution >= 0.6 is 0 Å². The SMILES string of the molecule is Cc1ccc(N2C(C(=O)O)CNS2(=O)=O)cc1. The Hall–Kier alpha value is -1.60. The van der Waals surface area contributed by atoms with Gasteiger partial charge in [-0.15, -0.1) is 0 Å². The minimum Gasteiger partial charge on any atom is -0.480 e. The predicted octanol–water partition coefficient (Wildman–Crippen LogP) is 0.103. The zero-order valence-corrected chi connectivity index (χ0v) is 9.94. The number of carboxylic acids is 1. The van der Waals surface area contributed by atoms with Crippen molar-refractivity contribution in [3.05, 3.63) is 29.8 Å². The molecule has 1 fully saturated rings. The van der Waals surface area contributed by atoms with Crippen LogP contribution in [0.4, 0.5) is 5.69 Å². The number of rotatable bonds is 2. The van der Waals surface area contributed by atoms with Crippen molar-refractivity contribution in [2.75, 3.05) is 10.8 Å². The first-order valence-corrected chi connectivity index (χ1v) is 6.44. The van der Waals surface area contributed by atoms with E-state index >= 15 is 0 Å². The molecule has 6 nitrogen and oxygen atoms in total. The Labute approximate surface area is 99.0 Å². The van der Waals surface area contributed by atoms with Gasteiger partial charge in [0.15, 0.2) is 6.04 Å². The Bertz CT molecular complexity index is 538. The van der Waals surface area contributed by atoms with Crippen LogP contribution in [0.1, 0.15) is 5.56 Å². The normalized spacial score (nSPS) is 22.6. The quantitative estimate of drug-likeness (QED) is 0.786. The first-order valence-electron chi connectivity index (χ1n) is 5.00. The van der Waals surface area contributed by atoms with E-state index in [1.165, 1.54) is 0 Å². The highest BCUT2D eigenvalue weighted by Crippen LogP contribution is 2.24. The Morgan fingerprint density at radius 2 is 2.00 bits per heavy atom. The molecule has 0 saturated carbocycles. The lowest BCUT2D eigenvalue weighted by Crippen LogP contribution is -2.39. The summed E-state index contributed by atoms with van der Waals surface area (Å²) in [4.78, 5) is 11.0. The number of benzene rings is 1. The number of carboxylic acid groups (broad SMARTS) is 1. The number of hydrogen-bond donors (Lipinski definition) is 2. The van der Waals surface area contributed by atoms with E-state index in [4.69, 9.17) is 5.11 Å². The molecule has 0 aromatic heterocycles. The average Bonchev–Trinajstić information content (AvgIpc) is 2.56. The summed E-state index contributed by atoms with van der Waals surface area (Å²) in [7, 11) is -3.74. The summed E-state index contributed by atoms with van der Waals surface area (Å²) in [6, 6.07) is 5.57. The zero-order chi connectivity index (χ0) is 12.6. The zero-order valence-electron chi connectivity index (χ0n) is 9.12. The molecule has 1 saturated heterocycles. The Balaban J connectivity index is 2.46. The molecule has 1 unspecified atom stereocenters. The molecule has 0 radical (unpaired) electrons. The lowest BCUT2D eigenvalue weighted by atomic mass is 10.2. The number of nitrogens with one attached hydrogen (secondary N) is 1. The van der Waals surface area contributed by atoms with E-state index < -0.39 is 22.2 Å². The molecule has 7 heteroatoms. The van der Waals surface area contributed by atoms with Crippen LogP contribution in [-0.2, 0) is 15.0 Å². The van der Waals surface area contributed by atoms with Gasteiger partial charge in [0.1, 0.15) is 0 Å². The monoisotopic (exact) mass is 256 g/mol. The van der Waals surface area contributed by atoms with Gasteiger partial charge in [0.2, 0.25) is 0 Å². The van der Waals surface area contributed by atoms with Crippen molar-refractivity contribution >= 4 is 21.9 Å². The minimum atomic E-state index is -3.74. The van der Waals surface area contributed by atoms with Crippen LogP contribution in [0, 0.1) is 6.92 Å². The first kappa shape index (κ1) is 11.9. The maximum absolute atomic E-state index is 11.7. The molecule has 2 N–H and O–H groups in total. The van der Waals surface area contributed by atoms with Crippen LogP contribution in [0.5, 0.6) is 0 Å². The third-order valence-corrected chi connectivity index (χ3v) is 4.09. The van der Waals surface area contributed by atoms with E-state index in [-0.39, 0.29) is 6.54 Å². The molecule has 0 aliphatic carbocycles. The topological polar surface area (TPSA) is 86.7 Å². The van der Waals surface area contributed by atoms with Gasteiger partial charge in [0.05, 0.1) is 5.69 Å². The van der Waals surface area contributed by atoms with Crippen LogP contribution in [-0.4, -0.2) is 32.1 Å². The number of nitrogens with zero attached hydrogens (tertiary/aromatic N) is 1. The van der Waals surface area contributed by atoms with Crippen molar-refractivity contribution in [3.8, 4) is 0 Å². The second-order valence-corrected chi connectivity index (χ2v) is 5.47. The summed E-state index contributed by atoms with van der Waals surface area (Å²) in [5.74, 6) is -1.17. The van der Waals surface area contributed by atoms with Gasteiger partial charge in [-0.2, -0.15) is 13.1 Å². The maximum atomic E-state index is 11.7. The van der Waals surface area contributed by atoms with E-state index in [2.05, 4.69) is 4.72 Å². The predicted molar refractivity (Wildman–Crippen MR) is 62.0 cm³/mol. The van der Waals surface area contributed by atoms with E-state index in [0.717, 1.165) is 9.87 Å². The largest absolute Gasteiger partial charge is 0.480 e. The molecular formula is C10H12N2O4S. The van der Waals surface area contributed by atoms with E-state index in [0.29, 0.717) is 5.69 Å². The van der Waals surface area contributed by atoms with E-state index in [9.17, 15) is 13.2 Å². The summed E-state index contributed by atoms with van der Waals surface area (Å²) in [6.45, 7) is 1.75. The highest BCUT2D eigenvalue weighted by molar-refractivity contribution is 7.91. The molecule has 1 atom stereocenters. The van der Waals surface area contributed by atoms with Crippen molar-refractivity contribution in [2.45, 2.75) is 13.0 Å². The van der Waals surface area contributed by atoms with Crippen LogP contribution in [0.25, 0.3) is 0 Å². The van der Waals surface area contributed by atoms with Gasteiger partial charge in [-0.25, -0.2) is 9.10 Å². The van der Waals surface area contributed by atoms with Crippen molar-refractivity contribution in [1.82, 2.24) is 4.72 Å². The molecule has 1 aliphatic rings. The van der Waals surface area contributed by atoms with Crippen molar-refractivity contribution in [3.63, 3.8) is 0 Å². The van der Waals surface area contributed by atoms with Gasteiger partial charge < -0.3 is 5.11 Å². The van der Waals surface area contributed by atoms with Crippen LogP contribution < -0.4 is 9.03 Å². The van der Waals surface area contributed by atoms with Crippen LogP contribution in [0.2, 0.25) is 0 Å². The van der Waals surface area contributed by atoms with E-state index in [1.807, 2.05) is 6.92 Å². The van der Waals surface area contributed by atoms with Gasteiger partial charge in [-0.3, -0.25) is 0 Å². The number of aryl methyl sites for hydroxylation is 1. The second kappa shape index (κ2) is 4.01. The molecule has 17 heavy (non-hydrogen) atoms. The third-order valence-electron chi connectivity index (χ3n) is 2.57. The Morgan fingerprint density at radius 1 is 1.41 bits per heavy atom.